The fourth-order valence-corrected chi connectivity index (χ4v) is 13.5. The van der Waals surface area contributed by atoms with Crippen molar-refractivity contribution in [3.05, 3.63) is 178 Å². The molecule has 2 aliphatic heterocycles. The molecule has 7 aromatic carbocycles. The lowest BCUT2D eigenvalue weighted by Gasteiger charge is -2.47. The Bertz CT molecular complexity index is 3580. The first kappa shape index (κ1) is 49.4. The van der Waals surface area contributed by atoms with Crippen molar-refractivity contribution in [1.29, 1.82) is 0 Å². The van der Waals surface area contributed by atoms with Gasteiger partial charge in [0, 0.05) is 45.2 Å². The molecule has 0 atom stereocenters. The largest absolute Gasteiger partial charge is 0.468 e. The van der Waals surface area contributed by atoms with Gasteiger partial charge in [0.1, 0.15) is 5.58 Å². The van der Waals surface area contributed by atoms with Gasteiger partial charge in [0.2, 0.25) is 0 Å². The van der Waals surface area contributed by atoms with E-state index < -0.39 is 0 Å². The topological polar surface area (TPSA) is 22.9 Å². The van der Waals surface area contributed by atoms with Crippen LogP contribution in [0.15, 0.2) is 138 Å². The monoisotopic (exact) mass is 988 g/mol. The molecule has 0 unspecified atom stereocenters. The van der Waals surface area contributed by atoms with Crippen LogP contribution < -0.4 is 31.3 Å². The highest BCUT2D eigenvalue weighted by Gasteiger charge is 2.50. The summed E-state index contributed by atoms with van der Waals surface area (Å²) in [5.41, 5.74) is 25.9. The minimum Gasteiger partial charge on any atom is -0.468 e. The van der Waals surface area contributed by atoms with E-state index in [2.05, 4.69) is 259 Å². The van der Waals surface area contributed by atoms with Crippen LogP contribution in [-0.2, 0) is 32.5 Å². The Kier molecular flexibility index (Phi) is 10.9. The molecule has 2 aliphatic carbocycles. The average Bonchev–Trinajstić information content (AvgIpc) is 3.80. The Labute approximate surface area is 449 Å². The predicted molar refractivity (Wildman–Crippen MR) is 322 cm³/mol. The van der Waals surface area contributed by atoms with Gasteiger partial charge < -0.3 is 19.1 Å². The smallest absolute Gasteiger partial charge is 0.297 e. The van der Waals surface area contributed by atoms with E-state index in [-0.39, 0.29) is 39.2 Å². The fourth-order valence-electron chi connectivity index (χ4n) is 13.5. The van der Waals surface area contributed by atoms with E-state index in [1.54, 1.807) is 0 Å². The maximum Gasteiger partial charge on any atom is 0.297 e. The van der Waals surface area contributed by atoms with E-state index >= 15 is 0 Å². The van der Waals surface area contributed by atoms with Gasteiger partial charge in [0.05, 0.1) is 17.0 Å². The van der Waals surface area contributed by atoms with Crippen molar-refractivity contribution in [3.8, 4) is 0 Å². The molecule has 1 aromatic heterocycles. The molecule has 0 radical (unpaired) electrons. The predicted octanol–water partition coefficient (Wildman–Crippen LogP) is 17.9. The number of rotatable bonds is 5. The van der Waals surface area contributed by atoms with E-state index in [1.165, 1.54) is 84.6 Å². The molecule has 0 saturated carbocycles. The van der Waals surface area contributed by atoms with Gasteiger partial charge in [-0.2, -0.15) is 0 Å². The van der Waals surface area contributed by atoms with Gasteiger partial charge >= 0.3 is 0 Å². The van der Waals surface area contributed by atoms with Gasteiger partial charge in [-0.15, -0.1) is 0 Å². The third-order valence-electron chi connectivity index (χ3n) is 18.5. The van der Waals surface area contributed by atoms with Crippen molar-refractivity contribution in [3.63, 3.8) is 0 Å². The van der Waals surface area contributed by atoms with Gasteiger partial charge in [-0.3, -0.25) is 0 Å². The Morgan fingerprint density at radius 3 is 1.53 bits per heavy atom. The number of furan rings is 1. The second-order valence-corrected chi connectivity index (χ2v) is 27.7. The van der Waals surface area contributed by atoms with E-state index in [0.29, 0.717) is 0 Å². The summed E-state index contributed by atoms with van der Waals surface area (Å²) in [5.74, 6) is 0. The maximum atomic E-state index is 7.57. The van der Waals surface area contributed by atoms with Crippen LogP contribution in [0.2, 0.25) is 0 Å². The molecule has 0 amide bonds. The van der Waals surface area contributed by atoms with Crippen molar-refractivity contribution >= 4 is 85.5 Å². The van der Waals surface area contributed by atoms with Gasteiger partial charge in [-0.05, 0) is 194 Å². The summed E-state index contributed by atoms with van der Waals surface area (Å²) < 4.78 is 7.57. The van der Waals surface area contributed by atoms with Gasteiger partial charge in [-0.25, -0.2) is 0 Å². The second kappa shape index (κ2) is 16.5. The highest BCUT2D eigenvalue weighted by molar-refractivity contribution is 7.00. The molecule has 0 N–H and O–H groups in total. The SMILES string of the molecule is Cc1ccccc1N(c1cc2c3c(c1)N(c1ccc(C(C)(C)C)cc1)c1c(oc4ccc(C(C)(C)C)cc14)B3c1cc3c(cc1N2c1ccc2c(c1)C(C)(C)CCC2(C)C)C(C)(C)CCC3(C)C)c1ccccc1C. The zero-order valence-corrected chi connectivity index (χ0v) is 47.9. The van der Waals surface area contributed by atoms with Crippen LogP contribution in [0.4, 0.5) is 51.2 Å². The van der Waals surface area contributed by atoms with Crippen molar-refractivity contribution in [1.82, 2.24) is 0 Å². The van der Waals surface area contributed by atoms with Crippen LogP contribution in [0.5, 0.6) is 0 Å². The summed E-state index contributed by atoms with van der Waals surface area (Å²) >= 11 is 0. The first-order valence-corrected chi connectivity index (χ1v) is 28.0. The molecule has 0 bridgehead atoms. The summed E-state index contributed by atoms with van der Waals surface area (Å²) in [5, 5.41) is 1.15. The lowest BCUT2D eigenvalue weighted by Crippen LogP contribution is -2.61. The number of para-hydroxylation sites is 2. The highest BCUT2D eigenvalue weighted by atomic mass is 16.3. The van der Waals surface area contributed by atoms with Crippen molar-refractivity contribution in [2.24, 2.45) is 0 Å². The minimum absolute atomic E-state index is 0.00544. The number of anilines is 9. The molecule has 0 fully saturated rings. The van der Waals surface area contributed by atoms with Crippen molar-refractivity contribution in [2.75, 3.05) is 14.7 Å². The molecule has 8 aromatic rings. The molecule has 75 heavy (non-hydrogen) atoms. The maximum absolute atomic E-state index is 7.57. The normalized spacial score (nSPS) is 17.7. The number of benzene rings is 7. The minimum atomic E-state index is -0.189. The van der Waals surface area contributed by atoms with Crippen LogP contribution in [0.25, 0.3) is 11.0 Å². The van der Waals surface area contributed by atoms with Crippen molar-refractivity contribution in [2.45, 2.75) is 169 Å². The number of nitrogens with zero attached hydrogens (tertiary/aromatic N) is 3. The van der Waals surface area contributed by atoms with Crippen LogP contribution >= 0.6 is 0 Å². The standard InChI is InChI=1S/C70H78BN3O/c1-43-21-17-19-23-56(43)73(57-24-20-18-22-44(57)2)49-39-59-62-60(40-49)74(47-28-25-45(26-29-47)65(3,4)5)63-50-37-46(66(6,7)8)27-32-61(50)75-64(63)71(62)55-41-53-54(70(15,16)36-35-69(53,13)14)42-58(55)72(59)48-30-31-51-52(38-48)68(11,12)34-33-67(51,9)10/h17-32,37-42H,33-36H2,1-16H3. The highest BCUT2D eigenvalue weighted by Crippen LogP contribution is 2.55. The van der Waals surface area contributed by atoms with E-state index in [0.717, 1.165) is 64.3 Å². The zero-order valence-electron chi connectivity index (χ0n) is 47.9. The molecule has 0 spiro atoms. The van der Waals surface area contributed by atoms with Gasteiger partial charge in [-0.1, -0.05) is 164 Å². The summed E-state index contributed by atoms with van der Waals surface area (Å²) in [4.78, 5) is 7.80. The lowest BCUT2D eigenvalue weighted by atomic mass is 9.35. The molecular formula is C70H78BN3O. The van der Waals surface area contributed by atoms with E-state index in [1.807, 2.05) is 0 Å². The fraction of sp³-hybridized carbons (Fsp3) is 0.371. The molecular weight excluding hydrogens is 910 g/mol. The Balaban J connectivity index is 1.27. The molecule has 4 nitrogen and oxygen atoms in total. The summed E-state index contributed by atoms with van der Waals surface area (Å²) in [7, 11) is 0. The second-order valence-electron chi connectivity index (χ2n) is 27.7. The summed E-state index contributed by atoms with van der Waals surface area (Å²) in [6.07, 6.45) is 4.59. The third-order valence-corrected chi connectivity index (χ3v) is 18.5. The van der Waals surface area contributed by atoms with Crippen LogP contribution in [0.1, 0.15) is 167 Å². The molecule has 4 aliphatic rings. The molecule has 382 valence electrons. The number of hydrogen-bond donors (Lipinski definition) is 0. The zero-order chi connectivity index (χ0) is 53.1. The molecule has 0 saturated heterocycles. The molecule has 12 rings (SSSR count). The van der Waals surface area contributed by atoms with Crippen LogP contribution in [0, 0.1) is 13.8 Å². The molecule has 5 heteroatoms. The molecule has 3 heterocycles. The summed E-state index contributed by atoms with van der Waals surface area (Å²) in [6.45, 7) is 37.9. The first-order valence-electron chi connectivity index (χ1n) is 28.0. The van der Waals surface area contributed by atoms with Gasteiger partial charge in [0.15, 0.2) is 0 Å². The Hall–Kier alpha value is -6.46. The van der Waals surface area contributed by atoms with Crippen LogP contribution in [0.3, 0.4) is 0 Å². The first-order chi connectivity index (χ1) is 35.2. The number of aryl methyl sites for hydroxylation is 2. The Morgan fingerprint density at radius 1 is 0.480 bits per heavy atom. The van der Waals surface area contributed by atoms with Gasteiger partial charge in [0.25, 0.3) is 6.71 Å². The lowest BCUT2D eigenvalue weighted by molar-refractivity contribution is 0.332. The van der Waals surface area contributed by atoms with E-state index in [9.17, 15) is 0 Å². The quantitative estimate of drug-likeness (QED) is 0.160. The van der Waals surface area contributed by atoms with Crippen molar-refractivity contribution < 1.29 is 4.42 Å². The average molecular weight is 988 g/mol. The summed E-state index contributed by atoms with van der Waals surface area (Å²) in [6, 6.07) is 52.0. The number of fused-ring (bicyclic) bond motifs is 8. The number of hydrogen-bond acceptors (Lipinski definition) is 4. The van der Waals surface area contributed by atoms with Crippen LogP contribution in [-0.4, -0.2) is 6.71 Å². The van der Waals surface area contributed by atoms with E-state index in [4.69, 9.17) is 4.42 Å². The third kappa shape index (κ3) is 7.75. The Morgan fingerprint density at radius 2 is 0.973 bits per heavy atom.